The van der Waals surface area contributed by atoms with Crippen molar-refractivity contribution in [3.05, 3.63) is 70.8 Å². The molecule has 0 radical (unpaired) electrons. The predicted octanol–water partition coefficient (Wildman–Crippen LogP) is 4.31. The summed E-state index contributed by atoms with van der Waals surface area (Å²) in [5.41, 5.74) is 6.33. The van der Waals surface area contributed by atoms with E-state index in [1.807, 2.05) is 0 Å². The van der Waals surface area contributed by atoms with E-state index < -0.39 is 5.97 Å². The van der Waals surface area contributed by atoms with Crippen LogP contribution in [-0.4, -0.2) is 35.1 Å². The highest BCUT2D eigenvalue weighted by molar-refractivity contribution is 5.85. The number of nitrogens with zero attached hydrogens (tertiary/aromatic N) is 1. The number of likely N-dealkylation sites (tertiary alicyclic amines) is 1. The fourth-order valence-electron chi connectivity index (χ4n) is 6.80. The molecule has 3 nitrogen and oxygen atoms in total. The standard InChI is InChI=1S/C25H27NO2.ClH/c27-24(28)23-20-14-26(15-21(20)23)19-9-10-25(13-19)12-18-7-2-1-5-16(18)11-17-6-3-4-8-22(17)25;/h1-8,19-21,23H,9-15H2,(H,27,28);1H. The van der Waals surface area contributed by atoms with Crippen molar-refractivity contribution in [3.8, 4) is 0 Å². The van der Waals surface area contributed by atoms with Crippen LogP contribution < -0.4 is 0 Å². The molecule has 1 spiro atoms. The molecular formula is C25H28ClNO2. The number of piperidine rings is 1. The summed E-state index contributed by atoms with van der Waals surface area (Å²) >= 11 is 0. The average Bonchev–Trinajstić information content (AvgIpc) is 3.02. The van der Waals surface area contributed by atoms with Crippen molar-refractivity contribution in [2.24, 2.45) is 17.8 Å². The van der Waals surface area contributed by atoms with Crippen LogP contribution in [0.25, 0.3) is 0 Å². The van der Waals surface area contributed by atoms with Gasteiger partial charge in [-0.25, -0.2) is 0 Å². The monoisotopic (exact) mass is 409 g/mol. The molecule has 4 unspecified atom stereocenters. The van der Waals surface area contributed by atoms with E-state index in [0.29, 0.717) is 17.9 Å². The molecular weight excluding hydrogens is 382 g/mol. The molecule has 1 N–H and O–H groups in total. The number of hydrogen-bond donors (Lipinski definition) is 1. The lowest BCUT2D eigenvalue weighted by atomic mass is 9.73. The summed E-state index contributed by atoms with van der Waals surface area (Å²) in [6.45, 7) is 2.00. The van der Waals surface area contributed by atoms with E-state index in [-0.39, 0.29) is 23.7 Å². The molecule has 4 aliphatic rings. The molecule has 3 fully saturated rings. The first-order chi connectivity index (χ1) is 13.6. The zero-order valence-corrected chi connectivity index (χ0v) is 17.4. The van der Waals surface area contributed by atoms with Crippen molar-refractivity contribution in [3.63, 3.8) is 0 Å². The Bertz CT molecular complexity index is 947. The fourth-order valence-corrected chi connectivity index (χ4v) is 6.80. The normalized spacial score (nSPS) is 34.6. The van der Waals surface area contributed by atoms with Gasteiger partial charge in [0.25, 0.3) is 0 Å². The van der Waals surface area contributed by atoms with E-state index in [1.165, 1.54) is 36.0 Å². The van der Waals surface area contributed by atoms with Crippen molar-refractivity contribution >= 4 is 18.4 Å². The molecule has 3 aliphatic carbocycles. The van der Waals surface area contributed by atoms with Gasteiger partial charge in [-0.2, -0.15) is 0 Å². The second kappa shape index (κ2) is 6.85. The van der Waals surface area contributed by atoms with E-state index in [9.17, 15) is 9.90 Å². The number of carbonyl (C=O) groups is 1. The van der Waals surface area contributed by atoms with E-state index in [4.69, 9.17) is 0 Å². The highest BCUT2D eigenvalue weighted by atomic mass is 35.5. The lowest BCUT2D eigenvalue weighted by molar-refractivity contribution is -0.139. The van der Waals surface area contributed by atoms with Crippen LogP contribution >= 0.6 is 12.4 Å². The molecule has 2 saturated carbocycles. The number of carboxylic acids is 1. The van der Waals surface area contributed by atoms with Crippen LogP contribution in [0.4, 0.5) is 0 Å². The van der Waals surface area contributed by atoms with Crippen molar-refractivity contribution in [1.82, 2.24) is 4.90 Å². The first kappa shape index (κ1) is 19.1. The minimum absolute atomic E-state index is 0. The Balaban J connectivity index is 0.00000181. The Labute approximate surface area is 178 Å². The van der Waals surface area contributed by atoms with Gasteiger partial charge in [0.15, 0.2) is 0 Å². The summed E-state index contributed by atoms with van der Waals surface area (Å²) in [4.78, 5) is 13.9. The molecule has 4 heteroatoms. The number of fused-ring (bicyclic) bond motifs is 4. The number of carboxylic acid groups (broad SMARTS) is 1. The van der Waals surface area contributed by atoms with Crippen molar-refractivity contribution < 1.29 is 9.90 Å². The lowest BCUT2D eigenvalue weighted by Crippen LogP contribution is -2.37. The minimum Gasteiger partial charge on any atom is -0.481 e. The highest BCUT2D eigenvalue weighted by Crippen LogP contribution is 2.55. The second-order valence-corrected chi connectivity index (χ2v) is 9.60. The van der Waals surface area contributed by atoms with Gasteiger partial charge in [-0.05, 0) is 66.2 Å². The third-order valence-electron chi connectivity index (χ3n) is 8.22. The summed E-state index contributed by atoms with van der Waals surface area (Å²) in [5.74, 6) is 0.191. The summed E-state index contributed by atoms with van der Waals surface area (Å²) in [5, 5.41) is 9.32. The van der Waals surface area contributed by atoms with E-state index in [1.54, 1.807) is 5.56 Å². The third kappa shape index (κ3) is 2.93. The topological polar surface area (TPSA) is 40.5 Å². The van der Waals surface area contributed by atoms with Crippen LogP contribution in [0.5, 0.6) is 0 Å². The Hall–Kier alpha value is -1.84. The van der Waals surface area contributed by atoms with E-state index in [2.05, 4.69) is 53.4 Å². The van der Waals surface area contributed by atoms with Crippen LogP contribution in [0.15, 0.2) is 48.5 Å². The Morgan fingerprint density at radius 3 is 2.34 bits per heavy atom. The molecule has 4 atom stereocenters. The van der Waals surface area contributed by atoms with Gasteiger partial charge in [-0.1, -0.05) is 48.5 Å². The minimum atomic E-state index is -0.577. The number of halogens is 1. The van der Waals surface area contributed by atoms with Gasteiger partial charge in [0.1, 0.15) is 0 Å². The number of rotatable bonds is 2. The zero-order valence-electron chi connectivity index (χ0n) is 16.6. The molecule has 0 bridgehead atoms. The zero-order chi connectivity index (χ0) is 18.9. The van der Waals surface area contributed by atoms with Gasteiger partial charge in [0, 0.05) is 24.5 Å². The highest BCUT2D eigenvalue weighted by Gasteiger charge is 2.61. The summed E-state index contributed by atoms with van der Waals surface area (Å²) < 4.78 is 0. The quantitative estimate of drug-likeness (QED) is 0.803. The van der Waals surface area contributed by atoms with Crippen molar-refractivity contribution in [2.45, 2.75) is 43.6 Å². The van der Waals surface area contributed by atoms with Crippen LogP contribution in [-0.2, 0) is 23.1 Å². The molecule has 6 rings (SSSR count). The SMILES string of the molecule is Cl.O=C(O)C1C2CN(C3CCC4(Cc5ccccc5Cc5ccccc54)C3)CC21. The van der Waals surface area contributed by atoms with Crippen molar-refractivity contribution in [2.75, 3.05) is 13.1 Å². The van der Waals surface area contributed by atoms with Gasteiger partial charge in [0.05, 0.1) is 5.92 Å². The maximum Gasteiger partial charge on any atom is 0.307 e. The maximum absolute atomic E-state index is 11.3. The number of aliphatic carboxylic acids is 1. The Morgan fingerprint density at radius 1 is 0.966 bits per heavy atom. The largest absolute Gasteiger partial charge is 0.481 e. The molecule has 0 aromatic heterocycles. The smallest absolute Gasteiger partial charge is 0.307 e. The van der Waals surface area contributed by atoms with Crippen LogP contribution in [0.3, 0.4) is 0 Å². The molecule has 1 aliphatic heterocycles. The van der Waals surface area contributed by atoms with E-state index >= 15 is 0 Å². The van der Waals surface area contributed by atoms with Gasteiger partial charge >= 0.3 is 5.97 Å². The summed E-state index contributed by atoms with van der Waals surface area (Å²) in [6, 6.07) is 18.7. The molecule has 1 saturated heterocycles. The molecule has 0 amide bonds. The second-order valence-electron chi connectivity index (χ2n) is 9.60. The van der Waals surface area contributed by atoms with Crippen LogP contribution in [0.1, 0.15) is 41.5 Å². The molecule has 1 heterocycles. The maximum atomic E-state index is 11.3. The number of hydrogen-bond acceptors (Lipinski definition) is 2. The Morgan fingerprint density at radius 2 is 1.62 bits per heavy atom. The fraction of sp³-hybridized carbons (Fsp3) is 0.480. The Kier molecular flexibility index (Phi) is 4.52. The molecule has 152 valence electrons. The molecule has 2 aromatic carbocycles. The summed E-state index contributed by atoms with van der Waals surface area (Å²) in [7, 11) is 0. The van der Waals surface area contributed by atoms with E-state index in [0.717, 1.165) is 25.9 Å². The molecule has 29 heavy (non-hydrogen) atoms. The lowest BCUT2D eigenvalue weighted by Gasteiger charge is -2.33. The average molecular weight is 410 g/mol. The molecule has 2 aromatic rings. The van der Waals surface area contributed by atoms with Gasteiger partial charge in [0.2, 0.25) is 0 Å². The van der Waals surface area contributed by atoms with Crippen LogP contribution in [0.2, 0.25) is 0 Å². The van der Waals surface area contributed by atoms with Gasteiger partial charge in [-0.15, -0.1) is 12.4 Å². The van der Waals surface area contributed by atoms with Crippen LogP contribution in [0, 0.1) is 17.8 Å². The first-order valence-electron chi connectivity index (χ1n) is 10.8. The number of benzene rings is 2. The van der Waals surface area contributed by atoms with Gasteiger partial charge < -0.3 is 5.11 Å². The third-order valence-corrected chi connectivity index (χ3v) is 8.22. The summed E-state index contributed by atoms with van der Waals surface area (Å²) in [6.07, 6.45) is 5.91. The van der Waals surface area contributed by atoms with Gasteiger partial charge in [-0.3, -0.25) is 9.69 Å². The van der Waals surface area contributed by atoms with Crippen molar-refractivity contribution in [1.29, 1.82) is 0 Å². The predicted molar refractivity (Wildman–Crippen MR) is 116 cm³/mol. The first-order valence-corrected chi connectivity index (χ1v) is 10.8.